The predicted octanol–water partition coefficient (Wildman–Crippen LogP) is 7.04. The average Bonchev–Trinajstić information content (AvgIpc) is 2.94. The predicted molar refractivity (Wildman–Crippen MR) is 111 cm³/mol. The molecular weight excluding hydrogens is 499 g/mol. The van der Waals surface area contributed by atoms with Crippen LogP contribution in [0.25, 0.3) is 22.3 Å². The van der Waals surface area contributed by atoms with E-state index in [0.717, 1.165) is 14.0 Å². The fourth-order valence-corrected chi connectivity index (χ4v) is 4.09. The molecule has 2 heterocycles. The molecule has 0 atom stereocenters. The van der Waals surface area contributed by atoms with E-state index >= 15 is 4.39 Å². The highest BCUT2D eigenvalue weighted by atomic mass is 35.5. The number of hydrogen-bond donors (Lipinski definition) is 0. The third kappa shape index (κ3) is 4.12. The number of alkyl halides is 3. The maximum atomic E-state index is 15.6. The largest absolute Gasteiger partial charge is 0.432 e. The lowest BCUT2D eigenvalue weighted by molar-refractivity contribution is -0.210. The number of carbonyl (C=O) groups is 1. The van der Waals surface area contributed by atoms with Crippen LogP contribution in [0.5, 0.6) is 5.75 Å². The Hall–Kier alpha value is -2.49. The van der Waals surface area contributed by atoms with Gasteiger partial charge < -0.3 is 4.57 Å². The summed E-state index contributed by atoms with van der Waals surface area (Å²) in [7, 11) is 1.05. The highest BCUT2D eigenvalue weighted by Gasteiger charge is 2.41. The Morgan fingerprint density at radius 2 is 1.66 bits per heavy atom. The van der Waals surface area contributed by atoms with Crippen molar-refractivity contribution in [2.45, 2.75) is 20.0 Å². The van der Waals surface area contributed by atoms with Crippen LogP contribution in [0, 0.1) is 12.7 Å². The molecule has 3 rings (SSSR count). The molecule has 0 radical (unpaired) electrons. The molecule has 0 aliphatic heterocycles. The van der Waals surface area contributed by atoms with Crippen LogP contribution in [0.4, 0.5) is 17.6 Å². The zero-order valence-corrected chi connectivity index (χ0v) is 18.8. The summed E-state index contributed by atoms with van der Waals surface area (Å²) < 4.78 is 57.0. The van der Waals surface area contributed by atoms with Crippen molar-refractivity contribution in [3.63, 3.8) is 0 Å². The van der Waals surface area contributed by atoms with Gasteiger partial charge in [-0.15, -0.1) is 0 Å². The third-order valence-electron chi connectivity index (χ3n) is 4.55. The van der Waals surface area contributed by atoms with E-state index in [-0.39, 0.29) is 27.5 Å². The van der Waals surface area contributed by atoms with Crippen LogP contribution in [0.15, 0.2) is 24.5 Å². The second kappa shape index (κ2) is 8.80. The van der Waals surface area contributed by atoms with Gasteiger partial charge in [-0.1, -0.05) is 34.8 Å². The Kier molecular flexibility index (Phi) is 6.65. The normalized spacial score (nSPS) is 11.6. The summed E-state index contributed by atoms with van der Waals surface area (Å²) >= 11 is 18.6. The quantitative estimate of drug-likeness (QED) is 0.214. The first-order chi connectivity index (χ1) is 14.9. The number of halogens is 7. The molecule has 170 valence electrons. The number of benzene rings is 1. The molecule has 0 aliphatic rings. The standard InChI is InChI=1S/C20H13Cl3F4N2O3/c1-8-14(21)17(32-31-9(2)30)11(10-4-6-28-7-5-10)12(16(8)24)13-15(22)18(20(25,26)27)29(3)19(13)23/h4-7H,1-3H3. The lowest BCUT2D eigenvalue weighted by Gasteiger charge is -2.19. The summed E-state index contributed by atoms with van der Waals surface area (Å²) in [5.74, 6) is -2.15. The summed E-state index contributed by atoms with van der Waals surface area (Å²) in [6, 6.07) is 2.86. The first kappa shape index (κ1) is 24.2. The van der Waals surface area contributed by atoms with Gasteiger partial charge in [0.05, 0.1) is 10.0 Å². The van der Waals surface area contributed by atoms with Gasteiger partial charge in [0.15, 0.2) is 0 Å². The van der Waals surface area contributed by atoms with Crippen LogP contribution < -0.4 is 4.89 Å². The van der Waals surface area contributed by atoms with Crippen molar-refractivity contribution >= 4 is 40.8 Å². The summed E-state index contributed by atoms with van der Waals surface area (Å²) in [4.78, 5) is 24.8. The first-order valence-corrected chi connectivity index (χ1v) is 9.89. The van der Waals surface area contributed by atoms with Crippen molar-refractivity contribution in [2.75, 3.05) is 0 Å². The van der Waals surface area contributed by atoms with Gasteiger partial charge in [-0.25, -0.2) is 9.18 Å². The second-order valence-corrected chi connectivity index (χ2v) is 7.73. The van der Waals surface area contributed by atoms with E-state index in [1.165, 1.54) is 31.5 Å². The van der Waals surface area contributed by atoms with Crippen molar-refractivity contribution in [3.8, 4) is 28.0 Å². The molecule has 3 aromatic rings. The van der Waals surface area contributed by atoms with Crippen LogP contribution >= 0.6 is 34.8 Å². The maximum Gasteiger partial charge on any atom is 0.432 e. The number of hydrogen-bond acceptors (Lipinski definition) is 4. The summed E-state index contributed by atoms with van der Waals surface area (Å²) in [6.07, 6.45) is -2.16. The molecule has 12 heteroatoms. The molecule has 0 unspecified atom stereocenters. The second-order valence-electron chi connectivity index (χ2n) is 6.61. The molecule has 0 bridgehead atoms. The highest BCUT2D eigenvalue weighted by Crippen LogP contribution is 2.53. The molecule has 2 aromatic heterocycles. The minimum atomic E-state index is -4.88. The molecular formula is C20H13Cl3F4N2O3. The Morgan fingerprint density at radius 1 is 1.06 bits per heavy atom. The molecule has 0 N–H and O–H groups in total. The van der Waals surface area contributed by atoms with E-state index < -0.39 is 45.0 Å². The first-order valence-electron chi connectivity index (χ1n) is 8.76. The van der Waals surface area contributed by atoms with Crippen molar-refractivity contribution in [2.24, 2.45) is 7.05 Å². The van der Waals surface area contributed by atoms with Gasteiger partial charge in [0.1, 0.15) is 16.7 Å². The van der Waals surface area contributed by atoms with Crippen molar-refractivity contribution < 1.29 is 32.1 Å². The maximum absolute atomic E-state index is 15.6. The van der Waals surface area contributed by atoms with E-state index in [0.29, 0.717) is 4.57 Å². The molecule has 0 saturated carbocycles. The van der Waals surface area contributed by atoms with Crippen LogP contribution in [0.3, 0.4) is 0 Å². The SMILES string of the molecule is CC(=O)OOc1c(Cl)c(C)c(F)c(-c2c(Cl)c(C(F)(F)F)n(C)c2Cl)c1-c1ccncc1. The van der Waals surface area contributed by atoms with Crippen LogP contribution in [0.1, 0.15) is 18.2 Å². The molecule has 1 aromatic carbocycles. The zero-order valence-electron chi connectivity index (χ0n) is 16.6. The molecule has 5 nitrogen and oxygen atoms in total. The van der Waals surface area contributed by atoms with Gasteiger partial charge >= 0.3 is 12.1 Å². The van der Waals surface area contributed by atoms with Crippen molar-refractivity contribution in [3.05, 3.63) is 56.8 Å². The van der Waals surface area contributed by atoms with Crippen LogP contribution in [-0.2, 0) is 22.9 Å². The van der Waals surface area contributed by atoms with Gasteiger partial charge in [-0.2, -0.15) is 13.2 Å². The molecule has 0 aliphatic carbocycles. The Morgan fingerprint density at radius 3 is 2.16 bits per heavy atom. The number of nitrogens with zero attached hydrogens (tertiary/aromatic N) is 2. The molecule has 0 fully saturated rings. The fourth-order valence-electron chi connectivity index (χ4n) is 3.14. The van der Waals surface area contributed by atoms with E-state index in [1.54, 1.807) is 0 Å². The van der Waals surface area contributed by atoms with Crippen LogP contribution in [-0.4, -0.2) is 15.5 Å². The zero-order chi connectivity index (χ0) is 24.0. The lowest BCUT2D eigenvalue weighted by atomic mass is 9.92. The van der Waals surface area contributed by atoms with E-state index in [4.69, 9.17) is 39.7 Å². The van der Waals surface area contributed by atoms with Gasteiger partial charge in [0.25, 0.3) is 0 Å². The van der Waals surface area contributed by atoms with E-state index in [1.807, 2.05) is 0 Å². The minimum absolute atomic E-state index is 0.134. The summed E-state index contributed by atoms with van der Waals surface area (Å²) in [6.45, 7) is 2.32. The highest BCUT2D eigenvalue weighted by molar-refractivity contribution is 6.40. The Balaban J connectivity index is 2.51. The Bertz CT molecular complexity index is 1210. The lowest BCUT2D eigenvalue weighted by Crippen LogP contribution is -2.11. The molecule has 0 amide bonds. The number of carbonyl (C=O) groups excluding carboxylic acids is 1. The smallest absolute Gasteiger partial charge is 0.329 e. The van der Waals surface area contributed by atoms with Crippen molar-refractivity contribution in [1.29, 1.82) is 0 Å². The summed E-state index contributed by atoms with van der Waals surface area (Å²) in [5.41, 5.74) is -2.20. The Labute approximate surface area is 194 Å². The number of rotatable bonds is 4. The average molecular weight is 512 g/mol. The number of pyridine rings is 1. The molecule has 0 spiro atoms. The monoisotopic (exact) mass is 510 g/mol. The third-order valence-corrected chi connectivity index (χ3v) is 5.81. The summed E-state index contributed by atoms with van der Waals surface area (Å²) in [5, 5.41) is -1.56. The van der Waals surface area contributed by atoms with E-state index in [2.05, 4.69) is 9.87 Å². The van der Waals surface area contributed by atoms with Crippen LogP contribution in [0.2, 0.25) is 15.2 Å². The molecule has 32 heavy (non-hydrogen) atoms. The van der Waals surface area contributed by atoms with Gasteiger partial charge in [0, 0.05) is 48.6 Å². The van der Waals surface area contributed by atoms with Gasteiger partial charge in [-0.3, -0.25) is 14.8 Å². The number of aromatic nitrogens is 2. The van der Waals surface area contributed by atoms with Crippen molar-refractivity contribution in [1.82, 2.24) is 9.55 Å². The molecule has 0 saturated heterocycles. The topological polar surface area (TPSA) is 53.4 Å². The van der Waals surface area contributed by atoms with Gasteiger partial charge in [-0.05, 0) is 24.6 Å². The fraction of sp³-hybridized carbons (Fsp3) is 0.200. The minimum Gasteiger partial charge on any atom is -0.329 e. The van der Waals surface area contributed by atoms with Gasteiger partial charge in [0.2, 0.25) is 5.75 Å². The van der Waals surface area contributed by atoms with E-state index in [9.17, 15) is 18.0 Å².